The molecular formula is C18H14N2O4S. The summed E-state index contributed by atoms with van der Waals surface area (Å²) in [5.74, 6) is 0.770. The number of carbonyl (C=O) groups is 2. The molecule has 0 radical (unpaired) electrons. The summed E-state index contributed by atoms with van der Waals surface area (Å²) in [5, 5.41) is 5.56. The van der Waals surface area contributed by atoms with Crippen molar-refractivity contribution in [2.75, 3.05) is 12.1 Å². The molecule has 2 N–H and O–H groups in total. The summed E-state index contributed by atoms with van der Waals surface area (Å²) >= 11 is 1.28. The molecule has 4 rings (SSSR count). The molecule has 25 heavy (non-hydrogen) atoms. The Kier molecular flexibility index (Phi) is 4.07. The van der Waals surface area contributed by atoms with Gasteiger partial charge in [-0.2, -0.15) is 0 Å². The Hall–Kier alpha value is -2.93. The summed E-state index contributed by atoms with van der Waals surface area (Å²) in [7, 11) is 0. The number of amides is 2. The van der Waals surface area contributed by atoms with Gasteiger partial charge in [0.15, 0.2) is 11.5 Å². The predicted molar refractivity (Wildman–Crippen MR) is 93.4 cm³/mol. The standard InChI is InChI=1S/C18H14N2O4S/c21-17(19-9-11-5-6-13-14(7-11)24-10-23-13)8-16-18(22)20-12-3-1-2-4-15(12)25-16/h1-8H,9-10H2,(H,19,21)(H,20,22)/b16-8-. The number of para-hydroxylation sites is 1. The van der Waals surface area contributed by atoms with E-state index in [2.05, 4.69) is 10.6 Å². The van der Waals surface area contributed by atoms with E-state index in [4.69, 9.17) is 9.47 Å². The summed E-state index contributed by atoms with van der Waals surface area (Å²) in [4.78, 5) is 25.5. The molecule has 0 bridgehead atoms. The highest BCUT2D eigenvalue weighted by molar-refractivity contribution is 8.04. The van der Waals surface area contributed by atoms with Gasteiger partial charge in [0.25, 0.3) is 5.91 Å². The van der Waals surface area contributed by atoms with Gasteiger partial charge in [0.1, 0.15) is 0 Å². The zero-order chi connectivity index (χ0) is 17.2. The molecule has 0 fully saturated rings. The molecule has 0 saturated carbocycles. The van der Waals surface area contributed by atoms with Crippen molar-refractivity contribution in [1.82, 2.24) is 5.32 Å². The minimum atomic E-state index is -0.324. The van der Waals surface area contributed by atoms with Crippen molar-refractivity contribution in [2.24, 2.45) is 0 Å². The van der Waals surface area contributed by atoms with Crippen LogP contribution < -0.4 is 20.1 Å². The SMILES string of the molecule is O=C(/C=C1\Sc2ccccc2NC1=O)NCc1ccc2c(c1)OCO2. The lowest BCUT2D eigenvalue weighted by atomic mass is 10.2. The highest BCUT2D eigenvalue weighted by Gasteiger charge is 2.21. The van der Waals surface area contributed by atoms with Crippen LogP contribution in [-0.2, 0) is 16.1 Å². The third-order valence-electron chi connectivity index (χ3n) is 3.74. The number of carbonyl (C=O) groups excluding carboxylic acids is 2. The summed E-state index contributed by atoms with van der Waals surface area (Å²) in [6.45, 7) is 0.549. The van der Waals surface area contributed by atoms with E-state index < -0.39 is 0 Å². The molecule has 126 valence electrons. The van der Waals surface area contributed by atoms with Gasteiger partial charge in [-0.25, -0.2) is 0 Å². The lowest BCUT2D eigenvalue weighted by molar-refractivity contribution is -0.117. The van der Waals surface area contributed by atoms with Crippen LogP contribution in [0.5, 0.6) is 11.5 Å². The lowest BCUT2D eigenvalue weighted by Gasteiger charge is -2.18. The molecule has 2 aromatic carbocycles. The van der Waals surface area contributed by atoms with Gasteiger partial charge in [-0.3, -0.25) is 9.59 Å². The molecular weight excluding hydrogens is 340 g/mol. The van der Waals surface area contributed by atoms with Crippen LogP contribution >= 0.6 is 11.8 Å². The maximum atomic E-state index is 12.1. The van der Waals surface area contributed by atoms with Crippen LogP contribution in [0.2, 0.25) is 0 Å². The topological polar surface area (TPSA) is 76.7 Å². The summed E-state index contributed by atoms with van der Waals surface area (Å²) in [5.41, 5.74) is 1.65. The first-order valence-corrected chi connectivity index (χ1v) is 8.47. The summed E-state index contributed by atoms with van der Waals surface area (Å²) in [6.07, 6.45) is 1.32. The maximum absolute atomic E-state index is 12.1. The minimum Gasteiger partial charge on any atom is -0.454 e. The fraction of sp³-hybridized carbons (Fsp3) is 0.111. The molecule has 2 aliphatic rings. The number of hydrogen-bond acceptors (Lipinski definition) is 5. The van der Waals surface area contributed by atoms with Crippen LogP contribution in [0, 0.1) is 0 Å². The van der Waals surface area contributed by atoms with Crippen LogP contribution in [0.3, 0.4) is 0 Å². The van der Waals surface area contributed by atoms with Crippen molar-refractivity contribution >= 4 is 29.3 Å². The highest BCUT2D eigenvalue weighted by atomic mass is 32.2. The van der Waals surface area contributed by atoms with Gasteiger partial charge in [0.05, 0.1) is 10.6 Å². The van der Waals surface area contributed by atoms with Crippen molar-refractivity contribution < 1.29 is 19.1 Å². The van der Waals surface area contributed by atoms with Gasteiger partial charge in [-0.05, 0) is 29.8 Å². The average Bonchev–Trinajstić information content (AvgIpc) is 3.08. The number of hydrogen-bond donors (Lipinski definition) is 2. The summed E-state index contributed by atoms with van der Waals surface area (Å²) < 4.78 is 10.6. The molecule has 0 atom stereocenters. The summed E-state index contributed by atoms with van der Waals surface area (Å²) in [6, 6.07) is 13.0. The van der Waals surface area contributed by atoms with Gasteiger partial charge >= 0.3 is 0 Å². The van der Waals surface area contributed by atoms with Crippen LogP contribution in [0.15, 0.2) is 58.3 Å². The molecule has 2 amide bonds. The number of benzene rings is 2. The second-order valence-electron chi connectivity index (χ2n) is 5.47. The zero-order valence-corrected chi connectivity index (χ0v) is 13.9. The van der Waals surface area contributed by atoms with Gasteiger partial charge in [0.2, 0.25) is 12.7 Å². The fourth-order valence-corrected chi connectivity index (χ4v) is 3.44. The minimum absolute atomic E-state index is 0.213. The van der Waals surface area contributed by atoms with E-state index in [0.717, 1.165) is 16.1 Å². The molecule has 7 heteroatoms. The molecule has 0 aromatic heterocycles. The Morgan fingerprint density at radius 2 is 2.04 bits per heavy atom. The van der Waals surface area contributed by atoms with Crippen LogP contribution in [-0.4, -0.2) is 18.6 Å². The molecule has 0 spiro atoms. The van der Waals surface area contributed by atoms with E-state index >= 15 is 0 Å². The molecule has 6 nitrogen and oxygen atoms in total. The van der Waals surface area contributed by atoms with Crippen molar-refractivity contribution in [3.63, 3.8) is 0 Å². The van der Waals surface area contributed by atoms with Crippen molar-refractivity contribution in [3.8, 4) is 11.5 Å². The van der Waals surface area contributed by atoms with Crippen molar-refractivity contribution in [1.29, 1.82) is 0 Å². The first kappa shape index (κ1) is 15.6. The van der Waals surface area contributed by atoms with Crippen LogP contribution in [0.25, 0.3) is 0 Å². The molecule has 0 saturated heterocycles. The second kappa shape index (κ2) is 6.52. The number of fused-ring (bicyclic) bond motifs is 2. The molecule has 0 aliphatic carbocycles. The molecule has 2 aromatic rings. The largest absolute Gasteiger partial charge is 0.454 e. The zero-order valence-electron chi connectivity index (χ0n) is 13.1. The number of rotatable bonds is 3. The number of thioether (sulfide) groups is 1. The average molecular weight is 354 g/mol. The Labute approximate surface area is 148 Å². The number of anilines is 1. The van der Waals surface area contributed by atoms with Crippen molar-refractivity contribution in [2.45, 2.75) is 11.4 Å². The van der Waals surface area contributed by atoms with Gasteiger partial charge in [-0.15, -0.1) is 0 Å². The van der Waals surface area contributed by atoms with E-state index in [9.17, 15) is 9.59 Å². The number of ether oxygens (including phenoxy) is 2. The second-order valence-corrected chi connectivity index (χ2v) is 6.55. The van der Waals surface area contributed by atoms with E-state index in [1.54, 1.807) is 0 Å². The van der Waals surface area contributed by atoms with E-state index in [1.165, 1.54) is 17.8 Å². The van der Waals surface area contributed by atoms with E-state index in [-0.39, 0.29) is 18.6 Å². The first-order chi connectivity index (χ1) is 12.2. The molecule has 2 heterocycles. The molecule has 0 unspecified atom stereocenters. The van der Waals surface area contributed by atoms with Gasteiger partial charge < -0.3 is 20.1 Å². The monoisotopic (exact) mass is 354 g/mol. The molecule has 2 aliphatic heterocycles. The Bertz CT molecular complexity index is 894. The van der Waals surface area contributed by atoms with E-state index in [1.807, 2.05) is 42.5 Å². The first-order valence-electron chi connectivity index (χ1n) is 7.65. The fourth-order valence-electron chi connectivity index (χ4n) is 2.51. The van der Waals surface area contributed by atoms with Crippen LogP contribution in [0.4, 0.5) is 5.69 Å². The smallest absolute Gasteiger partial charge is 0.262 e. The van der Waals surface area contributed by atoms with Crippen LogP contribution in [0.1, 0.15) is 5.56 Å². The van der Waals surface area contributed by atoms with Gasteiger partial charge in [0, 0.05) is 17.5 Å². The Morgan fingerprint density at radius 1 is 1.20 bits per heavy atom. The highest BCUT2D eigenvalue weighted by Crippen LogP contribution is 2.37. The Balaban J connectivity index is 1.42. The third-order valence-corrected chi connectivity index (χ3v) is 4.84. The predicted octanol–water partition coefficient (Wildman–Crippen LogP) is 2.66. The van der Waals surface area contributed by atoms with E-state index in [0.29, 0.717) is 22.9 Å². The van der Waals surface area contributed by atoms with Crippen molar-refractivity contribution in [3.05, 3.63) is 59.0 Å². The number of nitrogens with one attached hydrogen (secondary N) is 2. The third kappa shape index (κ3) is 3.32. The quantitative estimate of drug-likeness (QED) is 0.829. The normalized spacial score (nSPS) is 16.3. The Morgan fingerprint density at radius 3 is 2.96 bits per heavy atom. The maximum Gasteiger partial charge on any atom is 0.262 e. The van der Waals surface area contributed by atoms with Gasteiger partial charge in [-0.1, -0.05) is 30.0 Å². The lowest BCUT2D eigenvalue weighted by Crippen LogP contribution is -2.23.